The number of halogens is 6. The molecule has 0 spiro atoms. The van der Waals surface area contributed by atoms with E-state index in [4.69, 9.17) is 0 Å². The van der Waals surface area contributed by atoms with Crippen LogP contribution in [0, 0.1) is 17.7 Å². The van der Waals surface area contributed by atoms with Crippen LogP contribution in [0.15, 0.2) is 30.5 Å². The number of allylic oxidation sites excluding steroid dienone is 2. The first-order chi connectivity index (χ1) is 18.3. The molecule has 4 atom stereocenters. The first-order valence-electron chi connectivity index (χ1n) is 12.8. The summed E-state index contributed by atoms with van der Waals surface area (Å²) in [7, 11) is 0. The topological polar surface area (TPSA) is 71.5 Å². The number of hydrogen-bond acceptors (Lipinski definition) is 5. The van der Waals surface area contributed by atoms with Gasteiger partial charge in [0.1, 0.15) is 12.3 Å². The molecule has 0 radical (unpaired) electrons. The van der Waals surface area contributed by atoms with Gasteiger partial charge in [0, 0.05) is 17.3 Å². The molecule has 0 saturated heterocycles. The largest absolute Gasteiger partial charge is 0.432 e. The van der Waals surface area contributed by atoms with Crippen LogP contribution in [-0.2, 0) is 4.79 Å². The van der Waals surface area contributed by atoms with Crippen LogP contribution in [0.25, 0.3) is 11.1 Å². The standard InChI is InChI=1S/C28H30F6N2O3/c1-13-18(16-5-4-6-16)9-21(23-8-7-17(12-35-23)26(38)36-15(3)28(32,33)34)25(14(2)37)20-10-22(29)24(11-19(13)20)39-27(30)31/h7-8,10-13,15-16,18,26-27,36,38H,4-6,9H2,1-3H3. The molecule has 4 rings (SSSR count). The zero-order valence-corrected chi connectivity index (χ0v) is 21.7. The van der Waals surface area contributed by atoms with E-state index < -0.39 is 36.6 Å². The van der Waals surface area contributed by atoms with Gasteiger partial charge in [-0.1, -0.05) is 32.3 Å². The van der Waals surface area contributed by atoms with E-state index in [1.165, 1.54) is 31.3 Å². The number of benzene rings is 1. The minimum Gasteiger partial charge on any atom is -0.432 e. The number of pyridine rings is 1. The van der Waals surface area contributed by atoms with Crippen molar-refractivity contribution in [3.8, 4) is 5.75 Å². The highest BCUT2D eigenvalue weighted by Crippen LogP contribution is 2.51. The number of hydrogen-bond donors (Lipinski definition) is 2. The number of rotatable bonds is 8. The van der Waals surface area contributed by atoms with Crippen LogP contribution >= 0.6 is 0 Å². The number of aliphatic hydroxyl groups excluding tert-OH is 1. The van der Waals surface area contributed by atoms with E-state index in [0.717, 1.165) is 32.3 Å². The van der Waals surface area contributed by atoms with E-state index in [9.17, 15) is 36.2 Å². The summed E-state index contributed by atoms with van der Waals surface area (Å²) >= 11 is 0. The zero-order chi connectivity index (χ0) is 28.6. The second-order valence-corrected chi connectivity index (χ2v) is 10.3. The molecule has 2 aliphatic carbocycles. The molecule has 0 bridgehead atoms. The molecule has 5 nitrogen and oxygen atoms in total. The predicted molar refractivity (Wildman–Crippen MR) is 132 cm³/mol. The lowest BCUT2D eigenvalue weighted by atomic mass is 9.67. The number of aliphatic hydroxyl groups is 1. The average molecular weight is 557 g/mol. The van der Waals surface area contributed by atoms with Crippen molar-refractivity contribution < 1.29 is 41.0 Å². The van der Waals surface area contributed by atoms with Gasteiger partial charge >= 0.3 is 12.8 Å². The van der Waals surface area contributed by atoms with Gasteiger partial charge in [-0.25, -0.2) is 4.39 Å². The van der Waals surface area contributed by atoms with E-state index >= 15 is 0 Å². The summed E-state index contributed by atoms with van der Waals surface area (Å²) in [5, 5.41) is 12.3. The summed E-state index contributed by atoms with van der Waals surface area (Å²) < 4.78 is 83.9. The molecule has 2 aromatic rings. The van der Waals surface area contributed by atoms with E-state index in [1.807, 2.05) is 6.92 Å². The highest BCUT2D eigenvalue weighted by molar-refractivity contribution is 6.27. The Kier molecular flexibility index (Phi) is 8.41. The number of carbonyl (C=O) groups excluding carboxylic acids is 1. The maximum Gasteiger partial charge on any atom is 0.403 e. The number of alkyl halides is 5. The van der Waals surface area contributed by atoms with Crippen LogP contribution < -0.4 is 10.1 Å². The van der Waals surface area contributed by atoms with Crippen molar-refractivity contribution in [3.63, 3.8) is 0 Å². The molecule has 212 valence electrons. The molecule has 0 aliphatic heterocycles. The van der Waals surface area contributed by atoms with E-state index in [1.54, 1.807) is 0 Å². The van der Waals surface area contributed by atoms with Gasteiger partial charge in [0.25, 0.3) is 0 Å². The van der Waals surface area contributed by atoms with Crippen molar-refractivity contribution in [2.24, 2.45) is 11.8 Å². The number of ether oxygens (including phenoxy) is 1. The van der Waals surface area contributed by atoms with Crippen molar-refractivity contribution in [1.82, 2.24) is 10.3 Å². The van der Waals surface area contributed by atoms with Crippen molar-refractivity contribution in [2.45, 2.75) is 77.4 Å². The van der Waals surface area contributed by atoms with Crippen molar-refractivity contribution in [3.05, 3.63) is 58.7 Å². The van der Waals surface area contributed by atoms with Crippen molar-refractivity contribution >= 4 is 16.9 Å². The molecule has 11 heteroatoms. The summed E-state index contributed by atoms with van der Waals surface area (Å²) in [6.07, 6.45) is -1.60. The Bertz CT molecular complexity index is 1240. The fraction of sp³-hybridized carbons (Fsp3) is 0.500. The molecule has 1 fully saturated rings. The Morgan fingerprint density at radius 3 is 2.41 bits per heavy atom. The van der Waals surface area contributed by atoms with Gasteiger partial charge in [-0.05, 0) is 72.9 Å². The third-order valence-corrected chi connectivity index (χ3v) is 7.88. The number of ketones is 1. The number of nitrogens with one attached hydrogen (secondary N) is 1. The lowest BCUT2D eigenvalue weighted by Crippen LogP contribution is -2.41. The quantitative estimate of drug-likeness (QED) is 0.277. The third kappa shape index (κ3) is 6.14. The minimum absolute atomic E-state index is 0.00409. The zero-order valence-electron chi connectivity index (χ0n) is 21.7. The van der Waals surface area contributed by atoms with Crippen molar-refractivity contribution in [1.29, 1.82) is 0 Å². The normalized spacial score (nSPS) is 21.7. The molecule has 2 N–H and O–H groups in total. The van der Waals surface area contributed by atoms with Crippen LogP contribution in [0.2, 0.25) is 0 Å². The van der Waals surface area contributed by atoms with Crippen LogP contribution in [0.5, 0.6) is 5.75 Å². The average Bonchev–Trinajstić information content (AvgIpc) is 2.92. The Morgan fingerprint density at radius 2 is 1.90 bits per heavy atom. The number of carbonyl (C=O) groups is 1. The summed E-state index contributed by atoms with van der Waals surface area (Å²) in [5.74, 6) is -1.92. The molecule has 39 heavy (non-hydrogen) atoms. The second-order valence-electron chi connectivity index (χ2n) is 10.3. The monoisotopic (exact) mass is 556 g/mol. The van der Waals surface area contributed by atoms with Gasteiger partial charge < -0.3 is 9.84 Å². The molecular weight excluding hydrogens is 526 g/mol. The van der Waals surface area contributed by atoms with Crippen LogP contribution in [0.3, 0.4) is 0 Å². The van der Waals surface area contributed by atoms with E-state index in [2.05, 4.69) is 15.0 Å². The molecule has 4 unspecified atom stereocenters. The van der Waals surface area contributed by atoms with Gasteiger partial charge in [-0.3, -0.25) is 15.1 Å². The highest BCUT2D eigenvalue weighted by atomic mass is 19.4. The molecule has 1 aromatic carbocycles. The van der Waals surface area contributed by atoms with E-state index in [0.29, 0.717) is 29.2 Å². The summed E-state index contributed by atoms with van der Waals surface area (Å²) in [6, 6.07) is 3.26. The fourth-order valence-electron chi connectivity index (χ4n) is 5.51. The lowest BCUT2D eigenvalue weighted by molar-refractivity contribution is -0.159. The molecule has 1 saturated carbocycles. The van der Waals surface area contributed by atoms with Gasteiger partial charge in [0.15, 0.2) is 17.3 Å². The number of Topliss-reactive ketones (excluding diaryl/α,β-unsaturated/α-hetero) is 1. The first-order valence-corrected chi connectivity index (χ1v) is 12.8. The Morgan fingerprint density at radius 1 is 1.21 bits per heavy atom. The molecular formula is C28H30F6N2O3. The lowest BCUT2D eigenvalue weighted by Gasteiger charge is -2.37. The predicted octanol–water partition coefficient (Wildman–Crippen LogP) is 6.78. The molecule has 2 aliphatic rings. The molecule has 1 aromatic heterocycles. The van der Waals surface area contributed by atoms with Crippen LogP contribution in [-0.4, -0.2) is 34.7 Å². The number of aromatic nitrogens is 1. The van der Waals surface area contributed by atoms with Crippen LogP contribution in [0.1, 0.15) is 81.0 Å². The third-order valence-electron chi connectivity index (χ3n) is 7.88. The van der Waals surface area contributed by atoms with Gasteiger partial charge in [0.05, 0.1) is 5.69 Å². The Labute approximate surface area is 222 Å². The maximum absolute atomic E-state index is 14.9. The summed E-state index contributed by atoms with van der Waals surface area (Å²) in [6.45, 7) is 0.921. The SMILES string of the molecule is CC(=O)C1=C(c2ccc(C(O)NC(C)C(F)(F)F)cn2)CC(C2CCC2)C(C)c2cc(OC(F)F)c(F)cc21. The van der Waals surface area contributed by atoms with Crippen molar-refractivity contribution in [2.75, 3.05) is 0 Å². The van der Waals surface area contributed by atoms with Gasteiger partial charge in [0.2, 0.25) is 0 Å². The Balaban J connectivity index is 1.80. The minimum atomic E-state index is -4.55. The maximum atomic E-state index is 14.9. The Hall–Kier alpha value is -2.92. The summed E-state index contributed by atoms with van der Waals surface area (Å²) in [5.41, 5.74) is 1.99. The molecule has 0 amide bonds. The smallest absolute Gasteiger partial charge is 0.403 e. The number of nitrogens with zero attached hydrogens (tertiary/aromatic N) is 1. The summed E-state index contributed by atoms with van der Waals surface area (Å²) in [4.78, 5) is 17.4. The fourth-order valence-corrected chi connectivity index (χ4v) is 5.51. The van der Waals surface area contributed by atoms with E-state index in [-0.39, 0.29) is 34.3 Å². The second kappa shape index (κ2) is 11.3. The van der Waals surface area contributed by atoms with Crippen LogP contribution in [0.4, 0.5) is 26.3 Å². The van der Waals surface area contributed by atoms with Gasteiger partial charge in [-0.2, -0.15) is 22.0 Å². The highest BCUT2D eigenvalue weighted by Gasteiger charge is 2.39. The first kappa shape index (κ1) is 29.1. The number of fused-ring (bicyclic) bond motifs is 1. The molecule has 1 heterocycles. The van der Waals surface area contributed by atoms with Gasteiger partial charge in [-0.15, -0.1) is 0 Å².